The van der Waals surface area contributed by atoms with Gasteiger partial charge >= 0.3 is 5.97 Å². The van der Waals surface area contributed by atoms with E-state index in [9.17, 15) is 4.79 Å². The number of ether oxygens (including phenoxy) is 2. The summed E-state index contributed by atoms with van der Waals surface area (Å²) in [4.78, 5) is 17.0. The van der Waals surface area contributed by atoms with Gasteiger partial charge in [0, 0.05) is 0 Å². The maximum Gasteiger partial charge on any atom is 0.363 e. The van der Waals surface area contributed by atoms with Crippen molar-refractivity contribution in [3.63, 3.8) is 0 Å². The summed E-state index contributed by atoms with van der Waals surface area (Å²) in [6, 6.07) is 11.3. The molecular formula is C17H15NO3S. The first-order chi connectivity index (χ1) is 10.8. The first kappa shape index (κ1) is 14.5. The van der Waals surface area contributed by atoms with Crippen molar-refractivity contribution < 1.29 is 14.3 Å². The smallest absolute Gasteiger partial charge is 0.363 e. The lowest BCUT2D eigenvalue weighted by Gasteiger charge is -2.04. The predicted octanol–water partition coefficient (Wildman–Crippen LogP) is 3.88. The summed E-state index contributed by atoms with van der Waals surface area (Å²) in [5.41, 5.74) is 1.16. The van der Waals surface area contributed by atoms with Crippen LogP contribution in [0.25, 0.3) is 6.08 Å². The van der Waals surface area contributed by atoms with Crippen LogP contribution in [0.2, 0.25) is 0 Å². The second kappa shape index (κ2) is 6.58. The zero-order chi connectivity index (χ0) is 15.4. The van der Waals surface area contributed by atoms with Gasteiger partial charge in [-0.2, -0.15) is 0 Å². The fraction of sp³-hybridized carbons (Fsp3) is 0.176. The van der Waals surface area contributed by atoms with Gasteiger partial charge < -0.3 is 9.47 Å². The molecule has 112 valence electrons. The van der Waals surface area contributed by atoms with Crippen LogP contribution in [0.5, 0.6) is 5.75 Å². The standard InChI is InChI=1S/C17H15NO3S/c1-2-8-20-13-6-3-5-12(10-13)11-14-17(19)21-16(18-14)15-7-4-9-22-15/h3-7,9-11H,2,8H2,1H3. The molecule has 1 aliphatic heterocycles. The van der Waals surface area contributed by atoms with E-state index in [1.165, 1.54) is 11.3 Å². The molecule has 0 atom stereocenters. The van der Waals surface area contributed by atoms with Gasteiger partial charge in [-0.1, -0.05) is 25.1 Å². The van der Waals surface area contributed by atoms with Crippen molar-refractivity contribution in [1.82, 2.24) is 0 Å². The van der Waals surface area contributed by atoms with Crippen LogP contribution in [0.15, 0.2) is 52.5 Å². The van der Waals surface area contributed by atoms with E-state index in [0.29, 0.717) is 18.2 Å². The molecule has 2 aromatic rings. The van der Waals surface area contributed by atoms with Crippen LogP contribution in [0.1, 0.15) is 23.8 Å². The molecule has 1 aromatic heterocycles. The van der Waals surface area contributed by atoms with E-state index in [1.807, 2.05) is 41.8 Å². The minimum absolute atomic E-state index is 0.302. The van der Waals surface area contributed by atoms with Gasteiger partial charge in [-0.25, -0.2) is 9.79 Å². The Morgan fingerprint density at radius 3 is 3.00 bits per heavy atom. The highest BCUT2D eigenvalue weighted by atomic mass is 32.1. The Morgan fingerprint density at radius 1 is 1.32 bits per heavy atom. The highest BCUT2D eigenvalue weighted by Gasteiger charge is 2.24. The maximum absolute atomic E-state index is 11.9. The molecule has 22 heavy (non-hydrogen) atoms. The minimum Gasteiger partial charge on any atom is -0.494 e. The van der Waals surface area contributed by atoms with E-state index in [0.717, 1.165) is 22.6 Å². The van der Waals surface area contributed by atoms with E-state index in [1.54, 1.807) is 6.08 Å². The van der Waals surface area contributed by atoms with Crippen molar-refractivity contribution in [1.29, 1.82) is 0 Å². The van der Waals surface area contributed by atoms with Crippen LogP contribution in [0.4, 0.5) is 0 Å². The summed E-state index contributed by atoms with van der Waals surface area (Å²) in [7, 11) is 0. The molecule has 0 saturated carbocycles. The molecule has 0 fully saturated rings. The molecule has 0 spiro atoms. The first-order valence-electron chi connectivity index (χ1n) is 7.05. The Morgan fingerprint density at radius 2 is 2.23 bits per heavy atom. The van der Waals surface area contributed by atoms with Gasteiger partial charge in [0.25, 0.3) is 0 Å². The van der Waals surface area contributed by atoms with Crippen LogP contribution >= 0.6 is 11.3 Å². The summed E-state index contributed by atoms with van der Waals surface area (Å²) < 4.78 is 10.8. The fourth-order valence-corrected chi connectivity index (χ4v) is 2.64. The second-order valence-electron chi connectivity index (χ2n) is 4.73. The molecule has 3 rings (SSSR count). The summed E-state index contributed by atoms with van der Waals surface area (Å²) in [5, 5.41) is 1.92. The summed E-state index contributed by atoms with van der Waals surface area (Å²) in [6.07, 6.45) is 2.66. The lowest BCUT2D eigenvalue weighted by molar-refractivity contribution is -0.129. The van der Waals surface area contributed by atoms with Gasteiger partial charge in [0.1, 0.15) is 5.75 Å². The van der Waals surface area contributed by atoms with Crippen molar-refractivity contribution in [2.75, 3.05) is 6.61 Å². The van der Waals surface area contributed by atoms with Gasteiger partial charge in [-0.05, 0) is 41.6 Å². The predicted molar refractivity (Wildman–Crippen MR) is 87.2 cm³/mol. The quantitative estimate of drug-likeness (QED) is 0.621. The Labute approximate surface area is 132 Å². The number of hydrogen-bond donors (Lipinski definition) is 0. The van der Waals surface area contributed by atoms with Gasteiger partial charge in [-0.3, -0.25) is 0 Å². The number of cyclic esters (lactones) is 1. The van der Waals surface area contributed by atoms with E-state index in [2.05, 4.69) is 11.9 Å². The molecule has 0 N–H and O–H groups in total. The molecule has 1 aliphatic rings. The molecule has 4 nitrogen and oxygen atoms in total. The topological polar surface area (TPSA) is 47.9 Å². The average Bonchev–Trinajstić information content (AvgIpc) is 3.16. The average molecular weight is 313 g/mol. The highest BCUT2D eigenvalue weighted by Crippen LogP contribution is 2.23. The third-order valence-electron chi connectivity index (χ3n) is 2.99. The monoisotopic (exact) mass is 313 g/mol. The number of carbonyl (C=O) groups excluding carboxylic acids is 1. The number of rotatable bonds is 5. The van der Waals surface area contributed by atoms with Crippen LogP contribution in [0.3, 0.4) is 0 Å². The van der Waals surface area contributed by atoms with E-state index >= 15 is 0 Å². The largest absolute Gasteiger partial charge is 0.494 e. The van der Waals surface area contributed by atoms with Gasteiger partial charge in [0.15, 0.2) is 5.70 Å². The number of nitrogens with zero attached hydrogens (tertiary/aromatic N) is 1. The third kappa shape index (κ3) is 3.26. The number of thiophene rings is 1. The van der Waals surface area contributed by atoms with Crippen molar-refractivity contribution in [3.8, 4) is 5.75 Å². The molecule has 0 radical (unpaired) electrons. The lowest BCUT2D eigenvalue weighted by Crippen LogP contribution is -2.03. The van der Waals surface area contributed by atoms with Crippen molar-refractivity contribution in [3.05, 3.63) is 57.9 Å². The number of esters is 1. The molecular weight excluding hydrogens is 298 g/mol. The van der Waals surface area contributed by atoms with Crippen molar-refractivity contribution >= 4 is 29.3 Å². The zero-order valence-corrected chi connectivity index (χ0v) is 12.9. The number of hydrogen-bond acceptors (Lipinski definition) is 5. The van der Waals surface area contributed by atoms with Crippen molar-refractivity contribution in [2.45, 2.75) is 13.3 Å². The Balaban J connectivity index is 1.84. The van der Waals surface area contributed by atoms with E-state index in [4.69, 9.17) is 9.47 Å². The number of benzene rings is 1. The van der Waals surface area contributed by atoms with E-state index in [-0.39, 0.29) is 0 Å². The molecule has 5 heteroatoms. The molecule has 0 saturated heterocycles. The minimum atomic E-state index is -0.428. The van der Waals surface area contributed by atoms with Crippen LogP contribution in [-0.4, -0.2) is 18.5 Å². The summed E-state index contributed by atoms with van der Waals surface area (Å²) >= 11 is 1.49. The highest BCUT2D eigenvalue weighted by molar-refractivity contribution is 7.12. The first-order valence-corrected chi connectivity index (χ1v) is 7.93. The molecule has 0 bridgehead atoms. The second-order valence-corrected chi connectivity index (χ2v) is 5.68. The molecule has 1 aromatic carbocycles. The Hall–Kier alpha value is -2.40. The molecule has 0 aliphatic carbocycles. The fourth-order valence-electron chi connectivity index (χ4n) is 1.99. The van der Waals surface area contributed by atoms with Gasteiger partial charge in [0.2, 0.25) is 5.90 Å². The van der Waals surface area contributed by atoms with Crippen LogP contribution in [-0.2, 0) is 9.53 Å². The van der Waals surface area contributed by atoms with Crippen molar-refractivity contribution in [2.24, 2.45) is 4.99 Å². The van der Waals surface area contributed by atoms with Gasteiger partial charge in [-0.15, -0.1) is 11.3 Å². The normalized spacial score (nSPS) is 15.8. The van der Waals surface area contributed by atoms with Gasteiger partial charge in [0.05, 0.1) is 11.5 Å². The lowest BCUT2D eigenvalue weighted by atomic mass is 10.2. The maximum atomic E-state index is 11.9. The number of carbonyl (C=O) groups is 1. The molecule has 0 amide bonds. The van der Waals surface area contributed by atoms with Crippen LogP contribution in [0, 0.1) is 0 Å². The Kier molecular flexibility index (Phi) is 4.34. The molecule has 0 unspecified atom stereocenters. The van der Waals surface area contributed by atoms with E-state index < -0.39 is 5.97 Å². The molecule has 2 heterocycles. The summed E-state index contributed by atoms with van der Waals surface area (Å²) in [5.74, 6) is 0.720. The Bertz CT molecular complexity index is 732. The number of aliphatic imine (C=N–C) groups is 1. The summed E-state index contributed by atoms with van der Waals surface area (Å²) in [6.45, 7) is 2.73. The van der Waals surface area contributed by atoms with Crippen LogP contribution < -0.4 is 4.74 Å². The zero-order valence-electron chi connectivity index (χ0n) is 12.1. The third-order valence-corrected chi connectivity index (χ3v) is 3.84. The SMILES string of the molecule is CCCOc1cccc(C=C2N=C(c3cccs3)OC2=O)c1.